The molecule has 0 spiro atoms. The van der Waals surface area contributed by atoms with Crippen LogP contribution in [0.3, 0.4) is 0 Å². The van der Waals surface area contributed by atoms with Crippen LogP contribution in [-0.4, -0.2) is 20.3 Å². The molecule has 2 fully saturated rings. The van der Waals surface area contributed by atoms with Gasteiger partial charge in [-0.15, -0.1) is 0 Å². The molecule has 2 atom stereocenters. The standard InChI is InChI=1S/C27H46NOPS/c1-26(2,3)25(28-31(29)27(4,5)6)23-19-13-14-20-24(23)30(21-15-9-7-10-16-21)22-17-11-8-12-18-22/h13-14,19-22,25,28H,7-12,15-18H2,1-6H3/t25-,31?/m1/s1. The minimum atomic E-state index is -1.09. The van der Waals surface area contributed by atoms with Gasteiger partial charge in [0.1, 0.15) is 0 Å². The molecule has 0 heterocycles. The van der Waals surface area contributed by atoms with E-state index in [0.29, 0.717) is 0 Å². The summed E-state index contributed by atoms with van der Waals surface area (Å²) in [5.41, 5.74) is 3.18. The molecule has 2 nitrogen and oxygen atoms in total. The van der Waals surface area contributed by atoms with Gasteiger partial charge in [-0.2, -0.15) is 0 Å². The van der Waals surface area contributed by atoms with Gasteiger partial charge in [0.15, 0.2) is 0 Å². The second-order valence-electron chi connectivity index (χ2n) is 11.8. The maximum absolute atomic E-state index is 13.2. The summed E-state index contributed by atoms with van der Waals surface area (Å²) in [6, 6.07) is 9.36. The summed E-state index contributed by atoms with van der Waals surface area (Å²) >= 11 is 0. The Morgan fingerprint density at radius 2 is 1.32 bits per heavy atom. The van der Waals surface area contributed by atoms with Crippen LogP contribution in [0.5, 0.6) is 0 Å². The van der Waals surface area contributed by atoms with E-state index in [1.54, 1.807) is 5.30 Å². The molecule has 3 rings (SSSR count). The highest BCUT2D eigenvalue weighted by Crippen LogP contribution is 2.56. The Morgan fingerprint density at radius 3 is 1.77 bits per heavy atom. The highest BCUT2D eigenvalue weighted by Gasteiger charge is 2.37. The zero-order valence-corrected chi connectivity index (χ0v) is 22.6. The van der Waals surface area contributed by atoms with Crippen LogP contribution in [0.25, 0.3) is 0 Å². The van der Waals surface area contributed by atoms with Gasteiger partial charge in [-0.25, -0.2) is 8.93 Å². The Kier molecular flexibility index (Phi) is 8.84. The quantitative estimate of drug-likeness (QED) is 0.432. The van der Waals surface area contributed by atoms with Crippen LogP contribution in [0, 0.1) is 5.41 Å². The average molecular weight is 464 g/mol. The molecule has 176 valence electrons. The number of hydrogen-bond donors (Lipinski definition) is 1. The van der Waals surface area contributed by atoms with Gasteiger partial charge < -0.3 is 0 Å². The molecule has 0 radical (unpaired) electrons. The van der Waals surface area contributed by atoms with Crippen molar-refractivity contribution < 1.29 is 4.21 Å². The molecular weight excluding hydrogens is 417 g/mol. The van der Waals surface area contributed by atoms with Crippen molar-refractivity contribution in [2.24, 2.45) is 5.41 Å². The number of hydrogen-bond acceptors (Lipinski definition) is 1. The van der Waals surface area contributed by atoms with Crippen molar-refractivity contribution in [3.63, 3.8) is 0 Å². The van der Waals surface area contributed by atoms with Gasteiger partial charge in [0.05, 0.1) is 15.7 Å². The largest absolute Gasteiger partial charge is 0.242 e. The summed E-state index contributed by atoms with van der Waals surface area (Å²) in [4.78, 5) is 0. The minimum Gasteiger partial charge on any atom is -0.242 e. The van der Waals surface area contributed by atoms with E-state index in [2.05, 4.69) is 70.5 Å². The monoisotopic (exact) mass is 463 g/mol. The minimum absolute atomic E-state index is 0.00283. The van der Waals surface area contributed by atoms with Crippen molar-refractivity contribution >= 4 is 24.2 Å². The summed E-state index contributed by atoms with van der Waals surface area (Å²) in [5.74, 6) is 0. The molecule has 2 aliphatic carbocycles. The summed E-state index contributed by atoms with van der Waals surface area (Å²) in [6.07, 6.45) is 14.1. The third kappa shape index (κ3) is 6.64. The van der Waals surface area contributed by atoms with Crippen molar-refractivity contribution in [2.75, 3.05) is 0 Å². The molecule has 1 aromatic carbocycles. The lowest BCUT2D eigenvalue weighted by atomic mass is 9.83. The van der Waals surface area contributed by atoms with E-state index in [1.807, 2.05) is 0 Å². The Balaban J connectivity index is 2.03. The van der Waals surface area contributed by atoms with Crippen LogP contribution in [0.1, 0.15) is 117 Å². The highest BCUT2D eigenvalue weighted by atomic mass is 32.2. The number of nitrogens with one attached hydrogen (secondary N) is 1. The number of rotatable bonds is 6. The first-order valence-corrected chi connectivity index (χ1v) is 15.3. The second kappa shape index (κ2) is 10.8. The molecule has 2 saturated carbocycles. The van der Waals surface area contributed by atoms with Crippen LogP contribution in [0.15, 0.2) is 24.3 Å². The SMILES string of the molecule is CC(C)(C)[C@H](NS(=O)C(C)(C)C)c1ccccc1P(C1CCCCC1)C1CCCCC1. The van der Waals surface area contributed by atoms with E-state index in [-0.39, 0.29) is 24.1 Å². The van der Waals surface area contributed by atoms with E-state index in [0.717, 1.165) is 11.3 Å². The van der Waals surface area contributed by atoms with Crippen LogP contribution in [0.4, 0.5) is 0 Å². The molecule has 31 heavy (non-hydrogen) atoms. The molecule has 0 amide bonds. The van der Waals surface area contributed by atoms with E-state index in [4.69, 9.17) is 0 Å². The molecule has 1 N–H and O–H groups in total. The van der Waals surface area contributed by atoms with Gasteiger partial charge >= 0.3 is 0 Å². The number of benzene rings is 1. The van der Waals surface area contributed by atoms with Crippen molar-refractivity contribution in [2.45, 2.75) is 128 Å². The van der Waals surface area contributed by atoms with Gasteiger partial charge in [0.25, 0.3) is 0 Å². The molecule has 0 aromatic heterocycles. The maximum Gasteiger partial charge on any atom is 0.0976 e. The smallest absolute Gasteiger partial charge is 0.0976 e. The molecule has 0 aliphatic heterocycles. The van der Waals surface area contributed by atoms with Crippen molar-refractivity contribution in [3.05, 3.63) is 29.8 Å². The van der Waals surface area contributed by atoms with E-state index in [1.165, 1.54) is 69.8 Å². The van der Waals surface area contributed by atoms with Crippen molar-refractivity contribution in [3.8, 4) is 0 Å². The average Bonchev–Trinajstić information content (AvgIpc) is 2.73. The first-order valence-electron chi connectivity index (χ1n) is 12.6. The zero-order valence-electron chi connectivity index (χ0n) is 20.9. The fourth-order valence-electron chi connectivity index (χ4n) is 5.37. The molecule has 0 saturated heterocycles. The van der Waals surface area contributed by atoms with Gasteiger partial charge in [0.2, 0.25) is 0 Å². The normalized spacial score (nSPS) is 21.9. The molecule has 2 aliphatic rings. The fraction of sp³-hybridized carbons (Fsp3) is 0.778. The van der Waals surface area contributed by atoms with Crippen LogP contribution in [-0.2, 0) is 11.0 Å². The Labute approximate surface area is 196 Å². The third-order valence-corrected chi connectivity index (χ3v) is 12.2. The first kappa shape index (κ1) is 25.4. The van der Waals surface area contributed by atoms with E-state index < -0.39 is 11.0 Å². The second-order valence-corrected chi connectivity index (χ2v) is 16.6. The Morgan fingerprint density at radius 1 is 0.839 bits per heavy atom. The van der Waals surface area contributed by atoms with Crippen molar-refractivity contribution in [1.82, 2.24) is 4.72 Å². The molecule has 1 aromatic rings. The molecule has 1 unspecified atom stereocenters. The Hall–Kier alpha value is -0.240. The van der Waals surface area contributed by atoms with Gasteiger partial charge in [0, 0.05) is 6.04 Å². The summed E-state index contributed by atoms with van der Waals surface area (Å²) in [7, 11) is -1.27. The van der Waals surface area contributed by atoms with Crippen LogP contribution in [0.2, 0.25) is 0 Å². The Bertz CT molecular complexity index is 705. The molecule has 4 heteroatoms. The lowest BCUT2D eigenvalue weighted by Gasteiger charge is -2.42. The summed E-state index contributed by atoms with van der Waals surface area (Å²) in [5, 5.41) is 1.62. The topological polar surface area (TPSA) is 29.1 Å². The van der Waals surface area contributed by atoms with Gasteiger partial charge in [-0.05, 0) is 74.1 Å². The van der Waals surface area contributed by atoms with Gasteiger partial charge in [-0.3, -0.25) is 0 Å². The van der Waals surface area contributed by atoms with E-state index in [9.17, 15) is 4.21 Å². The molecule has 0 bridgehead atoms. The predicted octanol–water partition coefficient (Wildman–Crippen LogP) is 7.60. The van der Waals surface area contributed by atoms with Gasteiger partial charge in [-0.1, -0.05) is 91.5 Å². The van der Waals surface area contributed by atoms with E-state index >= 15 is 0 Å². The maximum atomic E-state index is 13.2. The van der Waals surface area contributed by atoms with Crippen molar-refractivity contribution in [1.29, 1.82) is 0 Å². The van der Waals surface area contributed by atoms with Crippen LogP contribution < -0.4 is 10.0 Å². The predicted molar refractivity (Wildman–Crippen MR) is 140 cm³/mol. The highest BCUT2D eigenvalue weighted by molar-refractivity contribution is 7.84. The lowest BCUT2D eigenvalue weighted by molar-refractivity contribution is 0.308. The lowest BCUT2D eigenvalue weighted by Crippen LogP contribution is -2.42. The fourth-order valence-corrected chi connectivity index (χ4v) is 10.4. The van der Waals surface area contributed by atoms with Crippen LogP contribution >= 0.6 is 7.92 Å². The molecular formula is C27H46NOPS. The summed E-state index contributed by atoms with van der Waals surface area (Å²) in [6.45, 7) is 13.1. The summed E-state index contributed by atoms with van der Waals surface area (Å²) < 4.78 is 16.5. The first-order chi connectivity index (χ1) is 14.6. The zero-order chi connectivity index (χ0) is 22.6. The third-order valence-electron chi connectivity index (χ3n) is 7.11.